The molecule has 0 saturated carbocycles. The number of rotatable bonds is 5. The maximum absolute atomic E-state index is 13.2. The van der Waals surface area contributed by atoms with Crippen molar-refractivity contribution in [3.63, 3.8) is 0 Å². The smallest absolute Gasteiger partial charge is 0.216 e. The van der Waals surface area contributed by atoms with Crippen LogP contribution in [0.2, 0.25) is 5.02 Å². The van der Waals surface area contributed by atoms with Crippen molar-refractivity contribution >= 4 is 29.1 Å². The molecule has 7 heteroatoms. The van der Waals surface area contributed by atoms with Gasteiger partial charge in [0.05, 0.1) is 0 Å². The normalized spacial score (nSPS) is 11.3. The van der Waals surface area contributed by atoms with E-state index >= 15 is 0 Å². The van der Waals surface area contributed by atoms with Crippen LogP contribution in [0.4, 0.5) is 4.39 Å². The van der Waals surface area contributed by atoms with E-state index in [1.807, 2.05) is 32.0 Å². The summed E-state index contributed by atoms with van der Waals surface area (Å²) in [4.78, 5) is 9.17. The van der Waals surface area contributed by atoms with Gasteiger partial charge in [-0.2, -0.15) is 4.98 Å². The van der Waals surface area contributed by atoms with Crippen LogP contribution in [0.1, 0.15) is 28.1 Å². The Balaban J connectivity index is 1.61. The predicted octanol–water partition coefficient (Wildman–Crippen LogP) is 5.42. The molecule has 0 N–H and O–H groups in total. The van der Waals surface area contributed by atoms with Gasteiger partial charge < -0.3 is 0 Å². The summed E-state index contributed by atoms with van der Waals surface area (Å²) in [5.41, 5.74) is 5.22. The minimum absolute atomic E-state index is 0.342. The Labute approximate surface area is 171 Å². The zero-order chi connectivity index (χ0) is 19.7. The Hall–Kier alpha value is -2.44. The van der Waals surface area contributed by atoms with Gasteiger partial charge in [0.2, 0.25) is 5.16 Å². The Morgan fingerprint density at radius 2 is 1.86 bits per heavy atom. The van der Waals surface area contributed by atoms with Gasteiger partial charge in [0.15, 0.2) is 0 Å². The molecule has 2 aromatic heterocycles. The van der Waals surface area contributed by atoms with E-state index in [0.717, 1.165) is 28.9 Å². The van der Waals surface area contributed by atoms with E-state index in [2.05, 4.69) is 27.2 Å². The molecule has 4 rings (SSSR count). The molecule has 0 aliphatic carbocycles. The molecule has 0 aliphatic heterocycles. The molecule has 0 saturated heterocycles. The molecule has 2 heterocycles. The molecule has 0 radical (unpaired) electrons. The maximum atomic E-state index is 13.2. The third kappa shape index (κ3) is 3.88. The van der Waals surface area contributed by atoms with Crippen LogP contribution in [0, 0.1) is 19.7 Å². The predicted molar refractivity (Wildman–Crippen MR) is 110 cm³/mol. The van der Waals surface area contributed by atoms with Crippen molar-refractivity contribution in [3.05, 3.63) is 87.4 Å². The Kier molecular flexibility index (Phi) is 5.33. The monoisotopic (exact) mass is 412 g/mol. The van der Waals surface area contributed by atoms with E-state index in [1.54, 1.807) is 10.6 Å². The lowest BCUT2D eigenvalue weighted by atomic mass is 10.0. The van der Waals surface area contributed by atoms with Crippen molar-refractivity contribution in [2.45, 2.75) is 31.2 Å². The van der Waals surface area contributed by atoms with E-state index in [1.165, 1.54) is 29.5 Å². The van der Waals surface area contributed by atoms with Crippen molar-refractivity contribution in [3.8, 4) is 0 Å². The molecule has 0 spiro atoms. The van der Waals surface area contributed by atoms with Gasteiger partial charge in [-0.05, 0) is 42.7 Å². The first-order valence-electron chi connectivity index (χ1n) is 8.85. The number of nitrogens with zero attached hydrogens (tertiary/aromatic N) is 4. The van der Waals surface area contributed by atoms with E-state index in [9.17, 15) is 4.39 Å². The fourth-order valence-electron chi connectivity index (χ4n) is 3.09. The van der Waals surface area contributed by atoms with Crippen LogP contribution < -0.4 is 0 Å². The van der Waals surface area contributed by atoms with Crippen LogP contribution >= 0.6 is 23.4 Å². The van der Waals surface area contributed by atoms with E-state index in [-0.39, 0.29) is 5.82 Å². The minimum Gasteiger partial charge on any atom is -0.216 e. The van der Waals surface area contributed by atoms with E-state index in [0.29, 0.717) is 21.7 Å². The van der Waals surface area contributed by atoms with Gasteiger partial charge in [0.1, 0.15) is 5.82 Å². The number of hydrogen-bond acceptors (Lipinski definition) is 4. The second-order valence-electron chi connectivity index (χ2n) is 6.55. The quantitative estimate of drug-likeness (QED) is 0.411. The van der Waals surface area contributed by atoms with Gasteiger partial charge in [-0.1, -0.05) is 59.8 Å². The fraction of sp³-hybridized carbons (Fsp3) is 0.190. The Morgan fingerprint density at radius 1 is 1.07 bits per heavy atom. The zero-order valence-corrected chi connectivity index (χ0v) is 17.1. The SMILES string of the molecule is Cc1nc2nc(SCc3ccc(F)cc3Cl)nn2c(C)c1Cc1ccccc1. The second kappa shape index (κ2) is 7.89. The lowest BCUT2D eigenvalue weighted by molar-refractivity contribution is 0.627. The number of aryl methyl sites for hydroxylation is 2. The largest absolute Gasteiger partial charge is 0.253 e. The molecule has 28 heavy (non-hydrogen) atoms. The number of fused-ring (bicyclic) bond motifs is 1. The average Bonchev–Trinajstić information content (AvgIpc) is 3.08. The van der Waals surface area contributed by atoms with Crippen LogP contribution in [0.15, 0.2) is 53.7 Å². The van der Waals surface area contributed by atoms with Gasteiger partial charge in [0.25, 0.3) is 5.78 Å². The highest BCUT2D eigenvalue weighted by Crippen LogP contribution is 2.26. The molecule has 142 valence electrons. The molecule has 0 unspecified atom stereocenters. The van der Waals surface area contributed by atoms with Gasteiger partial charge in [-0.3, -0.25) is 0 Å². The van der Waals surface area contributed by atoms with Crippen LogP contribution in [0.3, 0.4) is 0 Å². The number of thioether (sulfide) groups is 1. The van der Waals surface area contributed by atoms with Crippen molar-refractivity contribution in [2.24, 2.45) is 0 Å². The van der Waals surface area contributed by atoms with Crippen LogP contribution in [-0.2, 0) is 12.2 Å². The van der Waals surface area contributed by atoms with E-state index in [4.69, 9.17) is 11.6 Å². The third-order valence-electron chi connectivity index (χ3n) is 4.63. The van der Waals surface area contributed by atoms with Crippen LogP contribution in [0.25, 0.3) is 5.78 Å². The molecule has 4 aromatic rings. The van der Waals surface area contributed by atoms with E-state index < -0.39 is 0 Å². The molecule has 4 nitrogen and oxygen atoms in total. The average molecular weight is 413 g/mol. The summed E-state index contributed by atoms with van der Waals surface area (Å²) in [5, 5.41) is 5.63. The summed E-state index contributed by atoms with van der Waals surface area (Å²) in [7, 11) is 0. The summed E-state index contributed by atoms with van der Waals surface area (Å²) >= 11 is 7.56. The van der Waals surface area contributed by atoms with Gasteiger partial charge in [-0.15, -0.1) is 5.10 Å². The van der Waals surface area contributed by atoms with Crippen molar-refractivity contribution < 1.29 is 4.39 Å². The van der Waals surface area contributed by atoms with Gasteiger partial charge in [0, 0.05) is 28.6 Å². The highest BCUT2D eigenvalue weighted by atomic mass is 35.5. The van der Waals surface area contributed by atoms with Crippen molar-refractivity contribution in [2.75, 3.05) is 0 Å². The van der Waals surface area contributed by atoms with Gasteiger partial charge in [-0.25, -0.2) is 13.9 Å². The number of hydrogen-bond donors (Lipinski definition) is 0. The summed E-state index contributed by atoms with van der Waals surface area (Å²) in [6, 6.07) is 14.7. The van der Waals surface area contributed by atoms with Gasteiger partial charge >= 0.3 is 0 Å². The van der Waals surface area contributed by atoms with Crippen LogP contribution in [-0.4, -0.2) is 19.6 Å². The Morgan fingerprint density at radius 3 is 2.61 bits per heavy atom. The standard InChI is InChI=1S/C21H18ClFN4S/c1-13-18(10-15-6-4-3-5-7-15)14(2)27-20(24-13)25-21(26-27)28-12-16-8-9-17(23)11-19(16)22/h3-9,11H,10,12H2,1-2H3. The first-order valence-corrected chi connectivity index (χ1v) is 10.2. The summed E-state index contributed by atoms with van der Waals surface area (Å²) in [6.07, 6.45) is 0.801. The molecule has 0 aliphatic rings. The highest BCUT2D eigenvalue weighted by Gasteiger charge is 2.14. The highest BCUT2D eigenvalue weighted by molar-refractivity contribution is 7.98. The summed E-state index contributed by atoms with van der Waals surface area (Å²) in [6.45, 7) is 4.05. The molecular formula is C21H18ClFN4S. The second-order valence-corrected chi connectivity index (χ2v) is 7.90. The zero-order valence-electron chi connectivity index (χ0n) is 15.5. The molecule has 2 aromatic carbocycles. The maximum Gasteiger partial charge on any atom is 0.253 e. The molecule has 0 fully saturated rings. The van der Waals surface area contributed by atoms with Crippen molar-refractivity contribution in [1.82, 2.24) is 19.6 Å². The first-order chi connectivity index (χ1) is 13.5. The lowest BCUT2D eigenvalue weighted by Gasteiger charge is -2.10. The first kappa shape index (κ1) is 18.9. The lowest BCUT2D eigenvalue weighted by Crippen LogP contribution is -2.06. The summed E-state index contributed by atoms with van der Waals surface area (Å²) < 4.78 is 15.0. The van der Waals surface area contributed by atoms with Crippen molar-refractivity contribution in [1.29, 1.82) is 0 Å². The Bertz CT molecular complexity index is 1140. The summed E-state index contributed by atoms with van der Waals surface area (Å²) in [5.74, 6) is 0.801. The topological polar surface area (TPSA) is 43.1 Å². The number of benzene rings is 2. The molecular weight excluding hydrogens is 395 g/mol. The molecule has 0 atom stereocenters. The minimum atomic E-state index is -0.342. The third-order valence-corrected chi connectivity index (χ3v) is 5.86. The number of aromatic nitrogens is 4. The molecule has 0 amide bonds. The molecule has 0 bridgehead atoms. The van der Waals surface area contributed by atoms with Crippen LogP contribution in [0.5, 0.6) is 0 Å². The number of halogens is 2. The fourth-order valence-corrected chi connectivity index (χ4v) is 4.22.